The average Bonchev–Trinajstić information content (AvgIpc) is 3.41. The Morgan fingerprint density at radius 1 is 0.500 bits per heavy atom. The second-order valence-electron chi connectivity index (χ2n) is 9.80. The molecule has 188 valence electrons. The number of rotatable bonds is 3. The molecule has 40 heavy (non-hydrogen) atoms. The van der Waals surface area contributed by atoms with Crippen LogP contribution in [0.5, 0.6) is 0 Å². The molecule has 0 aliphatic carbocycles. The van der Waals surface area contributed by atoms with Crippen LogP contribution in [-0.4, -0.2) is 15.0 Å². The molecule has 0 bridgehead atoms. The minimum Gasteiger partial charge on any atom is -0.455 e. The van der Waals surface area contributed by atoms with Crippen LogP contribution in [0.4, 0.5) is 0 Å². The van der Waals surface area contributed by atoms with E-state index in [1.807, 2.05) is 66.7 Å². The minimum absolute atomic E-state index is 0.513. The summed E-state index contributed by atoms with van der Waals surface area (Å²) >= 11 is 7.16. The number of benzene rings is 6. The van der Waals surface area contributed by atoms with E-state index in [9.17, 15) is 0 Å². The molecule has 2 aromatic heterocycles. The van der Waals surface area contributed by atoms with Crippen molar-refractivity contribution in [1.82, 2.24) is 15.0 Å². The number of aromatic nitrogens is 3. The standard InChI is InChI=1S/C35H20ClN3O/c36-31-28(18-19-29-30(31)27-17-16-22-9-6-7-13-26(22)32(27)40-29)35-38-33(23-10-2-1-3-11-23)37-34(39-35)25-15-14-21-8-4-5-12-24(21)20-25/h1-20H. The van der Waals surface area contributed by atoms with Crippen molar-refractivity contribution >= 4 is 55.1 Å². The van der Waals surface area contributed by atoms with Gasteiger partial charge >= 0.3 is 0 Å². The molecule has 5 heteroatoms. The second kappa shape index (κ2) is 9.01. The molecule has 0 radical (unpaired) electrons. The van der Waals surface area contributed by atoms with Gasteiger partial charge in [0.1, 0.15) is 11.2 Å². The lowest BCUT2D eigenvalue weighted by atomic mass is 10.0. The van der Waals surface area contributed by atoms with E-state index in [1.165, 1.54) is 0 Å². The molecule has 6 aromatic carbocycles. The minimum atomic E-state index is 0.513. The summed E-state index contributed by atoms with van der Waals surface area (Å²) in [4.78, 5) is 14.7. The Kier molecular flexibility index (Phi) is 5.15. The number of furan rings is 1. The molecule has 0 aliphatic rings. The van der Waals surface area contributed by atoms with E-state index in [1.54, 1.807) is 0 Å². The second-order valence-corrected chi connectivity index (χ2v) is 10.2. The van der Waals surface area contributed by atoms with Crippen molar-refractivity contribution in [2.75, 3.05) is 0 Å². The van der Waals surface area contributed by atoms with Crippen LogP contribution in [0, 0.1) is 0 Å². The smallest absolute Gasteiger partial charge is 0.165 e. The Morgan fingerprint density at radius 3 is 2.02 bits per heavy atom. The fourth-order valence-electron chi connectivity index (χ4n) is 5.40. The van der Waals surface area contributed by atoms with Gasteiger partial charge in [0, 0.05) is 32.8 Å². The summed E-state index contributed by atoms with van der Waals surface area (Å²) in [6, 6.07) is 40.7. The van der Waals surface area contributed by atoms with Crippen LogP contribution in [0.15, 0.2) is 126 Å². The van der Waals surface area contributed by atoms with Crippen LogP contribution in [0.1, 0.15) is 0 Å². The van der Waals surface area contributed by atoms with Gasteiger partial charge in [0.2, 0.25) is 0 Å². The van der Waals surface area contributed by atoms with E-state index in [-0.39, 0.29) is 0 Å². The molecule has 0 aliphatic heterocycles. The molecule has 0 spiro atoms. The first kappa shape index (κ1) is 22.9. The van der Waals surface area contributed by atoms with Gasteiger partial charge in [-0.3, -0.25) is 0 Å². The Labute approximate surface area is 234 Å². The molecule has 0 N–H and O–H groups in total. The van der Waals surface area contributed by atoms with Crippen molar-refractivity contribution in [3.05, 3.63) is 126 Å². The normalized spacial score (nSPS) is 11.6. The molecule has 0 amide bonds. The molecular weight excluding hydrogens is 514 g/mol. The van der Waals surface area contributed by atoms with Gasteiger partial charge in [0.15, 0.2) is 17.5 Å². The van der Waals surface area contributed by atoms with E-state index >= 15 is 0 Å². The van der Waals surface area contributed by atoms with Gasteiger partial charge < -0.3 is 4.42 Å². The third-order valence-electron chi connectivity index (χ3n) is 7.38. The van der Waals surface area contributed by atoms with Crippen molar-refractivity contribution in [3.8, 4) is 34.2 Å². The highest BCUT2D eigenvalue weighted by Crippen LogP contribution is 2.41. The van der Waals surface area contributed by atoms with Gasteiger partial charge in [-0.05, 0) is 40.4 Å². The molecule has 8 rings (SSSR count). The molecule has 8 aromatic rings. The molecule has 0 saturated heterocycles. The first-order chi connectivity index (χ1) is 19.7. The van der Waals surface area contributed by atoms with E-state index in [0.717, 1.165) is 60.2 Å². The molecule has 0 unspecified atom stereocenters. The quantitative estimate of drug-likeness (QED) is 0.227. The van der Waals surface area contributed by atoms with E-state index in [0.29, 0.717) is 22.5 Å². The van der Waals surface area contributed by atoms with Gasteiger partial charge in [-0.1, -0.05) is 109 Å². The molecule has 0 atom stereocenters. The third-order valence-corrected chi connectivity index (χ3v) is 7.77. The van der Waals surface area contributed by atoms with Gasteiger partial charge in [-0.25, -0.2) is 15.0 Å². The third kappa shape index (κ3) is 3.65. The van der Waals surface area contributed by atoms with Crippen molar-refractivity contribution in [2.45, 2.75) is 0 Å². The van der Waals surface area contributed by atoms with Crippen LogP contribution < -0.4 is 0 Å². The Hall–Kier alpha value is -5.06. The van der Waals surface area contributed by atoms with Gasteiger partial charge in [-0.15, -0.1) is 0 Å². The maximum Gasteiger partial charge on any atom is 0.165 e. The van der Waals surface area contributed by atoms with Crippen molar-refractivity contribution < 1.29 is 4.42 Å². The summed E-state index contributed by atoms with van der Waals surface area (Å²) in [5.74, 6) is 1.70. The zero-order chi connectivity index (χ0) is 26.6. The molecular formula is C35H20ClN3O. The topological polar surface area (TPSA) is 51.8 Å². The zero-order valence-corrected chi connectivity index (χ0v) is 21.9. The average molecular weight is 534 g/mol. The summed E-state index contributed by atoms with van der Waals surface area (Å²) in [5.41, 5.74) is 4.10. The highest BCUT2D eigenvalue weighted by Gasteiger charge is 2.19. The predicted octanol–water partition coefficient (Wildman–Crippen LogP) is 9.73. The lowest BCUT2D eigenvalue weighted by molar-refractivity contribution is 0.672. The summed E-state index contributed by atoms with van der Waals surface area (Å²) in [7, 11) is 0. The van der Waals surface area contributed by atoms with Crippen LogP contribution >= 0.6 is 11.6 Å². The van der Waals surface area contributed by atoms with Crippen molar-refractivity contribution in [3.63, 3.8) is 0 Å². The maximum absolute atomic E-state index is 7.16. The fourth-order valence-corrected chi connectivity index (χ4v) is 5.74. The summed E-state index contributed by atoms with van der Waals surface area (Å²) in [6.45, 7) is 0. The number of hydrogen-bond acceptors (Lipinski definition) is 4. The van der Waals surface area contributed by atoms with Crippen LogP contribution in [0.3, 0.4) is 0 Å². The Morgan fingerprint density at radius 2 is 1.18 bits per heavy atom. The van der Waals surface area contributed by atoms with Crippen LogP contribution in [0.25, 0.3) is 77.6 Å². The van der Waals surface area contributed by atoms with E-state index < -0.39 is 0 Å². The SMILES string of the molecule is Clc1c(-c2nc(-c3ccccc3)nc(-c3ccc4ccccc4c3)n2)ccc2oc3c4ccccc4ccc3c12. The summed E-state index contributed by atoms with van der Waals surface area (Å²) < 4.78 is 6.33. The fraction of sp³-hybridized carbons (Fsp3) is 0. The first-order valence-electron chi connectivity index (χ1n) is 13.1. The van der Waals surface area contributed by atoms with Crippen LogP contribution in [0.2, 0.25) is 5.02 Å². The predicted molar refractivity (Wildman–Crippen MR) is 163 cm³/mol. The number of hydrogen-bond donors (Lipinski definition) is 0. The molecule has 2 heterocycles. The van der Waals surface area contributed by atoms with Crippen molar-refractivity contribution in [2.24, 2.45) is 0 Å². The van der Waals surface area contributed by atoms with E-state index in [4.69, 9.17) is 31.0 Å². The zero-order valence-electron chi connectivity index (χ0n) is 21.2. The highest BCUT2D eigenvalue weighted by molar-refractivity contribution is 6.40. The van der Waals surface area contributed by atoms with Gasteiger partial charge in [0.05, 0.1) is 5.02 Å². The van der Waals surface area contributed by atoms with Crippen molar-refractivity contribution in [1.29, 1.82) is 0 Å². The number of halogens is 1. The Bertz CT molecular complexity index is 2240. The highest BCUT2D eigenvalue weighted by atomic mass is 35.5. The first-order valence-corrected chi connectivity index (χ1v) is 13.4. The lowest BCUT2D eigenvalue weighted by Gasteiger charge is -2.10. The largest absolute Gasteiger partial charge is 0.455 e. The number of nitrogens with zero attached hydrogens (tertiary/aromatic N) is 3. The molecule has 0 fully saturated rings. The van der Waals surface area contributed by atoms with E-state index in [2.05, 4.69) is 54.6 Å². The summed E-state index contributed by atoms with van der Waals surface area (Å²) in [5, 5.41) is 6.84. The van der Waals surface area contributed by atoms with Gasteiger partial charge in [-0.2, -0.15) is 0 Å². The lowest BCUT2D eigenvalue weighted by Crippen LogP contribution is -2.00. The van der Waals surface area contributed by atoms with Crippen LogP contribution in [-0.2, 0) is 0 Å². The Balaban J connectivity index is 1.37. The molecule has 0 saturated carbocycles. The number of fused-ring (bicyclic) bond motifs is 6. The summed E-state index contributed by atoms with van der Waals surface area (Å²) in [6.07, 6.45) is 0. The van der Waals surface area contributed by atoms with Gasteiger partial charge in [0.25, 0.3) is 0 Å². The molecule has 4 nitrogen and oxygen atoms in total. The maximum atomic E-state index is 7.16. The monoisotopic (exact) mass is 533 g/mol.